The van der Waals surface area contributed by atoms with Crippen LogP contribution in [0.2, 0.25) is 0 Å². The van der Waals surface area contributed by atoms with Crippen molar-refractivity contribution in [2.45, 2.75) is 6.92 Å². The predicted molar refractivity (Wildman–Crippen MR) is 96.3 cm³/mol. The molecular formula is C18H18N2O7. The molecule has 0 aromatic heterocycles. The van der Waals surface area contributed by atoms with Gasteiger partial charge in [-0.3, -0.25) is 14.9 Å². The Hall–Kier alpha value is -3.62. The summed E-state index contributed by atoms with van der Waals surface area (Å²) in [5.74, 6) is -0.964. The van der Waals surface area contributed by atoms with E-state index in [1.165, 1.54) is 26.4 Å². The van der Waals surface area contributed by atoms with Gasteiger partial charge in [0.2, 0.25) is 0 Å². The fourth-order valence-corrected chi connectivity index (χ4v) is 2.28. The first-order chi connectivity index (χ1) is 12.8. The zero-order valence-electron chi connectivity index (χ0n) is 15.0. The Morgan fingerprint density at radius 2 is 1.74 bits per heavy atom. The number of carbonyl (C=O) groups is 2. The highest BCUT2D eigenvalue weighted by Crippen LogP contribution is 2.28. The van der Waals surface area contributed by atoms with Crippen LogP contribution in [0.5, 0.6) is 11.5 Å². The number of carbonyl (C=O) groups excluding carboxylic acids is 2. The van der Waals surface area contributed by atoms with Gasteiger partial charge in [-0.2, -0.15) is 0 Å². The SMILES string of the molecule is COc1ccc(C)cc1NC(=O)COC(=O)c1ccc(OC)c([N+](=O)[O-])c1. The third-order valence-corrected chi connectivity index (χ3v) is 3.57. The highest BCUT2D eigenvalue weighted by Gasteiger charge is 2.19. The molecule has 1 N–H and O–H groups in total. The number of aryl methyl sites for hydroxylation is 1. The Kier molecular flexibility index (Phi) is 6.32. The molecule has 9 nitrogen and oxygen atoms in total. The van der Waals surface area contributed by atoms with Gasteiger partial charge in [0, 0.05) is 6.07 Å². The van der Waals surface area contributed by atoms with E-state index in [1.54, 1.807) is 12.1 Å². The smallest absolute Gasteiger partial charge is 0.338 e. The first-order valence-corrected chi connectivity index (χ1v) is 7.79. The number of amides is 1. The zero-order chi connectivity index (χ0) is 20.0. The van der Waals surface area contributed by atoms with Gasteiger partial charge < -0.3 is 19.5 Å². The number of anilines is 1. The van der Waals surface area contributed by atoms with Crippen molar-refractivity contribution in [2.75, 3.05) is 26.1 Å². The summed E-state index contributed by atoms with van der Waals surface area (Å²) < 4.78 is 14.9. The molecule has 0 heterocycles. The van der Waals surface area contributed by atoms with E-state index in [0.717, 1.165) is 11.6 Å². The second-order valence-electron chi connectivity index (χ2n) is 5.47. The van der Waals surface area contributed by atoms with Gasteiger partial charge in [-0.05, 0) is 36.8 Å². The molecule has 1 amide bonds. The zero-order valence-corrected chi connectivity index (χ0v) is 15.0. The van der Waals surface area contributed by atoms with Crippen molar-refractivity contribution in [3.8, 4) is 11.5 Å². The number of nitro groups is 1. The molecule has 2 aromatic rings. The second-order valence-corrected chi connectivity index (χ2v) is 5.47. The molecule has 0 aliphatic rings. The standard InChI is InChI=1S/C18H18N2O7/c1-11-4-6-15(25-2)13(8-11)19-17(21)10-27-18(22)12-5-7-16(26-3)14(9-12)20(23)24/h4-9H,10H2,1-3H3,(H,19,21). The molecule has 27 heavy (non-hydrogen) atoms. The number of esters is 1. The molecule has 0 fully saturated rings. The summed E-state index contributed by atoms with van der Waals surface area (Å²) in [6.45, 7) is 1.29. The van der Waals surface area contributed by atoms with Gasteiger partial charge in [0.1, 0.15) is 5.75 Å². The van der Waals surface area contributed by atoms with Crippen molar-refractivity contribution in [3.63, 3.8) is 0 Å². The number of nitrogens with one attached hydrogen (secondary N) is 1. The molecule has 2 rings (SSSR count). The molecule has 0 atom stereocenters. The maximum atomic E-state index is 12.1. The average molecular weight is 374 g/mol. The van der Waals surface area contributed by atoms with E-state index in [0.29, 0.717) is 11.4 Å². The van der Waals surface area contributed by atoms with Gasteiger partial charge in [0.15, 0.2) is 12.4 Å². The molecule has 142 valence electrons. The van der Waals surface area contributed by atoms with Crippen LogP contribution in [0.4, 0.5) is 11.4 Å². The van der Waals surface area contributed by atoms with Gasteiger partial charge >= 0.3 is 11.7 Å². The lowest BCUT2D eigenvalue weighted by atomic mass is 10.2. The summed E-state index contributed by atoms with van der Waals surface area (Å²) in [4.78, 5) is 34.4. The van der Waals surface area contributed by atoms with E-state index in [-0.39, 0.29) is 17.0 Å². The van der Waals surface area contributed by atoms with Gasteiger partial charge in [0.05, 0.1) is 30.4 Å². The van der Waals surface area contributed by atoms with Crippen LogP contribution in [0.1, 0.15) is 15.9 Å². The lowest BCUT2D eigenvalue weighted by Crippen LogP contribution is -2.21. The first-order valence-electron chi connectivity index (χ1n) is 7.79. The number of hydrogen-bond donors (Lipinski definition) is 1. The molecule has 0 unspecified atom stereocenters. The quantitative estimate of drug-likeness (QED) is 0.450. The topological polar surface area (TPSA) is 117 Å². The Morgan fingerprint density at radius 3 is 2.37 bits per heavy atom. The molecule has 2 aromatic carbocycles. The summed E-state index contributed by atoms with van der Waals surface area (Å²) in [6, 6.07) is 8.87. The van der Waals surface area contributed by atoms with E-state index in [9.17, 15) is 19.7 Å². The Morgan fingerprint density at radius 1 is 1.07 bits per heavy atom. The van der Waals surface area contributed by atoms with Crippen LogP contribution in [-0.2, 0) is 9.53 Å². The third kappa shape index (κ3) is 4.94. The fourth-order valence-electron chi connectivity index (χ4n) is 2.28. The minimum absolute atomic E-state index is 0.0147. The number of benzene rings is 2. The van der Waals surface area contributed by atoms with Crippen LogP contribution < -0.4 is 14.8 Å². The van der Waals surface area contributed by atoms with Gasteiger partial charge in [-0.1, -0.05) is 6.07 Å². The Balaban J connectivity index is 2.03. The van der Waals surface area contributed by atoms with Gasteiger partial charge in [0.25, 0.3) is 5.91 Å². The van der Waals surface area contributed by atoms with Crippen LogP contribution in [0, 0.1) is 17.0 Å². The van der Waals surface area contributed by atoms with E-state index in [2.05, 4.69) is 5.32 Å². The number of methoxy groups -OCH3 is 2. The number of ether oxygens (including phenoxy) is 3. The Bertz CT molecular complexity index is 880. The monoisotopic (exact) mass is 374 g/mol. The number of rotatable bonds is 7. The summed E-state index contributed by atoms with van der Waals surface area (Å²) >= 11 is 0. The molecule has 0 saturated carbocycles. The normalized spacial score (nSPS) is 10.0. The van der Waals surface area contributed by atoms with Crippen molar-refractivity contribution < 1.29 is 28.7 Å². The van der Waals surface area contributed by atoms with Crippen molar-refractivity contribution >= 4 is 23.3 Å². The molecule has 0 bridgehead atoms. The predicted octanol–water partition coefficient (Wildman–Crippen LogP) is 2.72. The first kappa shape index (κ1) is 19.7. The maximum absolute atomic E-state index is 12.1. The second kappa shape index (κ2) is 8.65. The lowest BCUT2D eigenvalue weighted by Gasteiger charge is -2.11. The minimum atomic E-state index is -0.868. The molecule has 0 radical (unpaired) electrons. The average Bonchev–Trinajstić information content (AvgIpc) is 2.65. The van der Waals surface area contributed by atoms with E-state index < -0.39 is 23.4 Å². The van der Waals surface area contributed by atoms with Crippen LogP contribution in [0.25, 0.3) is 0 Å². The van der Waals surface area contributed by atoms with Gasteiger partial charge in [-0.15, -0.1) is 0 Å². The van der Waals surface area contributed by atoms with E-state index >= 15 is 0 Å². The number of nitrogens with zero attached hydrogens (tertiary/aromatic N) is 1. The lowest BCUT2D eigenvalue weighted by molar-refractivity contribution is -0.385. The summed E-state index contributed by atoms with van der Waals surface area (Å²) in [7, 11) is 2.75. The van der Waals surface area contributed by atoms with E-state index in [1.807, 2.05) is 13.0 Å². The molecular weight excluding hydrogens is 356 g/mol. The fraction of sp³-hybridized carbons (Fsp3) is 0.222. The Labute approximate surface area is 155 Å². The number of nitro benzene ring substituents is 1. The molecule has 9 heteroatoms. The third-order valence-electron chi connectivity index (χ3n) is 3.57. The van der Waals surface area contributed by atoms with Gasteiger partial charge in [-0.25, -0.2) is 4.79 Å². The summed E-state index contributed by atoms with van der Waals surface area (Å²) in [5.41, 5.74) is 0.914. The van der Waals surface area contributed by atoms with Crippen molar-refractivity contribution in [2.24, 2.45) is 0 Å². The van der Waals surface area contributed by atoms with E-state index in [4.69, 9.17) is 14.2 Å². The van der Waals surface area contributed by atoms with Crippen LogP contribution >= 0.6 is 0 Å². The highest BCUT2D eigenvalue weighted by molar-refractivity contribution is 5.96. The minimum Gasteiger partial charge on any atom is -0.495 e. The summed E-state index contributed by atoms with van der Waals surface area (Å²) in [6.07, 6.45) is 0. The van der Waals surface area contributed by atoms with Crippen molar-refractivity contribution in [3.05, 3.63) is 57.6 Å². The molecule has 0 aliphatic carbocycles. The largest absolute Gasteiger partial charge is 0.495 e. The van der Waals surface area contributed by atoms with Crippen LogP contribution in [0.15, 0.2) is 36.4 Å². The molecule has 0 saturated heterocycles. The van der Waals surface area contributed by atoms with Crippen LogP contribution in [0.3, 0.4) is 0 Å². The van der Waals surface area contributed by atoms with Crippen molar-refractivity contribution in [1.82, 2.24) is 0 Å². The summed E-state index contributed by atoms with van der Waals surface area (Å²) in [5, 5.41) is 13.6. The highest BCUT2D eigenvalue weighted by atomic mass is 16.6. The molecule has 0 spiro atoms. The van der Waals surface area contributed by atoms with Crippen LogP contribution in [-0.4, -0.2) is 37.6 Å². The van der Waals surface area contributed by atoms with Crippen molar-refractivity contribution in [1.29, 1.82) is 0 Å². The number of hydrogen-bond acceptors (Lipinski definition) is 7. The molecule has 0 aliphatic heterocycles. The maximum Gasteiger partial charge on any atom is 0.338 e.